The first-order valence-corrected chi connectivity index (χ1v) is 7.91. The van der Waals surface area contributed by atoms with Crippen molar-refractivity contribution in [1.29, 1.82) is 0 Å². The van der Waals surface area contributed by atoms with Gasteiger partial charge in [-0.25, -0.2) is 0 Å². The quantitative estimate of drug-likeness (QED) is 0.812. The maximum absolute atomic E-state index is 11.8. The second-order valence-electron chi connectivity index (χ2n) is 7.53. The molecule has 1 heterocycles. The Bertz CT molecular complexity index is 756. The van der Waals surface area contributed by atoms with Crippen molar-refractivity contribution in [3.8, 4) is 0 Å². The fraction of sp³-hybridized carbons (Fsp3) is 0.474. The molecule has 0 radical (unpaired) electrons. The van der Waals surface area contributed by atoms with Crippen LogP contribution in [-0.4, -0.2) is 11.0 Å². The number of nitrogens with zero attached hydrogens (tertiary/aromatic N) is 1. The van der Waals surface area contributed by atoms with Crippen LogP contribution in [0.5, 0.6) is 0 Å². The third kappa shape index (κ3) is 2.49. The molecule has 0 N–H and O–H groups in total. The molecule has 22 heavy (non-hydrogen) atoms. The third-order valence-corrected chi connectivity index (χ3v) is 4.94. The number of carbonyl (C=O) groups excluding carboxylic acids is 1. The van der Waals surface area contributed by atoms with Crippen molar-refractivity contribution in [3.05, 3.63) is 40.6 Å². The smallest absolute Gasteiger partial charge is 0.0725 e. The van der Waals surface area contributed by atoms with Crippen molar-refractivity contribution in [2.45, 2.75) is 47.0 Å². The van der Waals surface area contributed by atoms with Crippen molar-refractivity contribution >= 4 is 16.9 Å². The molecule has 0 fully saturated rings. The van der Waals surface area contributed by atoms with Crippen LogP contribution < -0.4 is 5.11 Å². The molecule has 0 amide bonds. The summed E-state index contributed by atoms with van der Waals surface area (Å²) in [6, 6.07) is 5.79. The molecule has 0 spiro atoms. The van der Waals surface area contributed by atoms with Gasteiger partial charge in [0.05, 0.1) is 11.5 Å². The minimum Gasteiger partial charge on any atom is -0.545 e. The molecule has 3 nitrogen and oxygen atoms in total. The lowest BCUT2D eigenvalue weighted by Crippen LogP contribution is -2.31. The van der Waals surface area contributed by atoms with E-state index in [2.05, 4.69) is 20.8 Å². The van der Waals surface area contributed by atoms with Gasteiger partial charge in [-0.15, -0.1) is 0 Å². The first kappa shape index (κ1) is 15.0. The molecule has 1 aromatic carbocycles. The van der Waals surface area contributed by atoms with Crippen LogP contribution in [0.4, 0.5) is 0 Å². The van der Waals surface area contributed by atoms with E-state index in [1.165, 1.54) is 0 Å². The zero-order chi connectivity index (χ0) is 16.1. The molecule has 0 aliphatic heterocycles. The van der Waals surface area contributed by atoms with E-state index in [0.717, 1.165) is 41.6 Å². The summed E-state index contributed by atoms with van der Waals surface area (Å²) in [4.78, 5) is 16.5. The highest BCUT2D eigenvalue weighted by molar-refractivity contribution is 6.03. The average Bonchev–Trinajstić information content (AvgIpc) is 2.42. The summed E-state index contributed by atoms with van der Waals surface area (Å²) in [5.74, 6) is -0.606. The predicted octanol–water partition coefficient (Wildman–Crippen LogP) is 3.06. The summed E-state index contributed by atoms with van der Waals surface area (Å²) in [6.07, 6.45) is 2.69. The van der Waals surface area contributed by atoms with Gasteiger partial charge in [0.2, 0.25) is 0 Å². The number of hydrogen-bond acceptors (Lipinski definition) is 3. The first-order valence-electron chi connectivity index (χ1n) is 7.91. The Balaban J connectivity index is 2.24. The molecule has 1 aliphatic carbocycles. The number of rotatable bonds is 1. The van der Waals surface area contributed by atoms with E-state index >= 15 is 0 Å². The lowest BCUT2D eigenvalue weighted by Gasteiger charge is -2.35. The summed E-state index contributed by atoms with van der Waals surface area (Å²) >= 11 is 0. The Kier molecular flexibility index (Phi) is 3.47. The molecule has 0 saturated heterocycles. The van der Waals surface area contributed by atoms with E-state index in [1.54, 1.807) is 0 Å². The Morgan fingerprint density at radius 3 is 2.68 bits per heavy atom. The molecule has 3 heteroatoms. The van der Waals surface area contributed by atoms with Crippen molar-refractivity contribution in [3.63, 3.8) is 0 Å². The maximum Gasteiger partial charge on any atom is 0.0725 e. The van der Waals surface area contributed by atoms with Gasteiger partial charge < -0.3 is 9.90 Å². The van der Waals surface area contributed by atoms with Gasteiger partial charge in [-0.3, -0.25) is 4.98 Å². The van der Waals surface area contributed by atoms with Gasteiger partial charge in [-0.2, -0.15) is 0 Å². The van der Waals surface area contributed by atoms with Crippen molar-refractivity contribution in [1.82, 2.24) is 4.98 Å². The number of aromatic carboxylic acids is 1. The van der Waals surface area contributed by atoms with Crippen LogP contribution in [0.2, 0.25) is 0 Å². The summed E-state index contributed by atoms with van der Waals surface area (Å²) in [5, 5.41) is 12.5. The number of carboxylic acids is 1. The van der Waals surface area contributed by atoms with Crippen molar-refractivity contribution < 1.29 is 9.90 Å². The topological polar surface area (TPSA) is 53.0 Å². The van der Waals surface area contributed by atoms with Gasteiger partial charge in [0.15, 0.2) is 0 Å². The summed E-state index contributed by atoms with van der Waals surface area (Å²) in [7, 11) is 0. The van der Waals surface area contributed by atoms with Gasteiger partial charge in [-0.1, -0.05) is 32.4 Å². The second-order valence-corrected chi connectivity index (χ2v) is 7.53. The van der Waals surface area contributed by atoms with E-state index in [9.17, 15) is 9.90 Å². The molecule has 1 atom stereocenters. The zero-order valence-electron chi connectivity index (χ0n) is 13.7. The van der Waals surface area contributed by atoms with Crippen LogP contribution in [0.15, 0.2) is 18.2 Å². The van der Waals surface area contributed by atoms with Crippen molar-refractivity contribution in [2.75, 3.05) is 0 Å². The second kappa shape index (κ2) is 5.08. The third-order valence-electron chi connectivity index (χ3n) is 4.94. The number of benzene rings is 1. The summed E-state index contributed by atoms with van der Waals surface area (Å²) < 4.78 is 0. The van der Waals surface area contributed by atoms with Crippen LogP contribution in [0.3, 0.4) is 0 Å². The van der Waals surface area contributed by atoms with Crippen LogP contribution >= 0.6 is 0 Å². The normalized spacial score (nSPS) is 18.3. The Morgan fingerprint density at radius 1 is 1.32 bits per heavy atom. The standard InChI is InChI=1S/C19H23NO2/c1-11-5-7-15-13(9-11)17(18(21)22)14-10-12(19(2,3)4)6-8-16(14)20-15/h5,7,9,12H,6,8,10H2,1-4H3,(H,21,22)/p-1. The fourth-order valence-electron chi connectivity index (χ4n) is 3.53. The highest BCUT2D eigenvalue weighted by Gasteiger charge is 2.31. The minimum atomic E-state index is -1.08. The number of pyridine rings is 1. The van der Waals surface area contributed by atoms with Gasteiger partial charge in [0.25, 0.3) is 0 Å². The summed E-state index contributed by atoms with van der Waals surface area (Å²) in [6.45, 7) is 8.63. The van der Waals surface area contributed by atoms with Gasteiger partial charge in [0.1, 0.15) is 0 Å². The highest BCUT2D eigenvalue weighted by Crippen LogP contribution is 2.39. The Labute approximate surface area is 131 Å². The molecular formula is C19H22NO2-. The van der Waals surface area contributed by atoms with E-state index in [1.807, 2.05) is 25.1 Å². The number of fused-ring (bicyclic) bond motifs is 2. The molecule has 0 saturated carbocycles. The van der Waals surface area contributed by atoms with Crippen LogP contribution in [-0.2, 0) is 12.8 Å². The lowest BCUT2D eigenvalue weighted by molar-refractivity contribution is -0.254. The molecule has 1 aromatic heterocycles. The number of carboxylic acid groups (broad SMARTS) is 1. The van der Waals surface area contributed by atoms with Crippen molar-refractivity contribution in [2.24, 2.45) is 11.3 Å². The van der Waals surface area contributed by atoms with E-state index in [4.69, 9.17) is 4.98 Å². The number of aromatic nitrogens is 1. The van der Waals surface area contributed by atoms with Gasteiger partial charge in [-0.05, 0) is 55.2 Å². The zero-order valence-corrected chi connectivity index (χ0v) is 13.7. The monoisotopic (exact) mass is 296 g/mol. The number of hydrogen-bond donors (Lipinski definition) is 0. The maximum atomic E-state index is 11.8. The molecule has 1 unspecified atom stereocenters. The van der Waals surface area contributed by atoms with Crippen LogP contribution in [0, 0.1) is 18.3 Å². The fourth-order valence-corrected chi connectivity index (χ4v) is 3.53. The highest BCUT2D eigenvalue weighted by atomic mass is 16.4. The molecular weight excluding hydrogens is 274 g/mol. The minimum absolute atomic E-state index is 0.169. The molecule has 1 aliphatic rings. The first-order chi connectivity index (χ1) is 10.3. The average molecular weight is 296 g/mol. The van der Waals surface area contributed by atoms with Crippen LogP contribution in [0.1, 0.15) is 54.4 Å². The number of aryl methyl sites for hydroxylation is 2. The lowest BCUT2D eigenvalue weighted by atomic mass is 9.70. The molecule has 116 valence electrons. The largest absolute Gasteiger partial charge is 0.545 e. The molecule has 2 aromatic rings. The predicted molar refractivity (Wildman–Crippen MR) is 85.8 cm³/mol. The molecule has 3 rings (SSSR count). The van der Waals surface area contributed by atoms with Gasteiger partial charge >= 0.3 is 0 Å². The molecule has 0 bridgehead atoms. The number of carbonyl (C=O) groups is 1. The Hall–Kier alpha value is -1.90. The van der Waals surface area contributed by atoms with E-state index in [0.29, 0.717) is 16.9 Å². The Morgan fingerprint density at radius 2 is 2.05 bits per heavy atom. The van der Waals surface area contributed by atoms with E-state index < -0.39 is 5.97 Å². The van der Waals surface area contributed by atoms with Gasteiger partial charge in [0, 0.05) is 16.6 Å². The SMILES string of the molecule is Cc1ccc2nc3c(c(C(=O)[O-])c2c1)CC(C(C)(C)C)CC3. The van der Waals surface area contributed by atoms with E-state index in [-0.39, 0.29) is 5.41 Å². The summed E-state index contributed by atoms with van der Waals surface area (Å²) in [5.41, 5.74) is 4.17. The van der Waals surface area contributed by atoms with Crippen LogP contribution in [0.25, 0.3) is 10.9 Å².